The van der Waals surface area contributed by atoms with Crippen LogP contribution in [0.1, 0.15) is 85.0 Å². The van der Waals surface area contributed by atoms with Gasteiger partial charge >= 0.3 is 17.9 Å². The Kier molecular flexibility index (Phi) is 6.13. The predicted molar refractivity (Wildman–Crippen MR) is 119 cm³/mol. The molecule has 4 aliphatic rings. The average Bonchev–Trinajstić information content (AvgIpc) is 3.07. The molecule has 0 saturated heterocycles. The van der Waals surface area contributed by atoms with Crippen LogP contribution < -0.4 is 0 Å². The topological polar surface area (TPSA) is 112 Å². The maximum absolute atomic E-state index is 12.5. The molecule has 0 amide bonds. The molecular formula is C26H40O6. The summed E-state index contributed by atoms with van der Waals surface area (Å²) in [6.07, 6.45) is 7.94. The molecule has 6 nitrogen and oxygen atoms in total. The number of carbonyl (C=O) groups is 3. The van der Waals surface area contributed by atoms with Crippen LogP contribution >= 0.6 is 0 Å². The van der Waals surface area contributed by atoms with Crippen LogP contribution in [-0.4, -0.2) is 33.2 Å². The molecule has 0 radical (unpaired) electrons. The fraction of sp³-hybridized carbons (Fsp3) is 0.885. The minimum absolute atomic E-state index is 0.0386. The van der Waals surface area contributed by atoms with Gasteiger partial charge in [0.25, 0.3) is 0 Å². The zero-order valence-corrected chi connectivity index (χ0v) is 19.8. The van der Waals surface area contributed by atoms with Crippen molar-refractivity contribution in [2.24, 2.45) is 58.2 Å². The molecule has 0 unspecified atom stereocenters. The fourth-order valence-electron chi connectivity index (χ4n) is 9.28. The van der Waals surface area contributed by atoms with E-state index in [1.165, 1.54) is 0 Å². The van der Waals surface area contributed by atoms with Gasteiger partial charge in [-0.1, -0.05) is 20.8 Å². The van der Waals surface area contributed by atoms with E-state index in [9.17, 15) is 24.6 Å². The summed E-state index contributed by atoms with van der Waals surface area (Å²) < 4.78 is 0. The Morgan fingerprint density at radius 2 is 1.53 bits per heavy atom. The SMILES string of the molecule is C[C@@H](CCC(=O)O)[C@H]1CC[C@@H]2[C@H]3[C@H](C(=O)O)C[C@@H]4C[C@H](C(=O)O)CC[C@]4(C)[C@H]3CC[C@@]21C. The Hall–Kier alpha value is -1.59. The first kappa shape index (κ1) is 23.6. The van der Waals surface area contributed by atoms with Crippen LogP contribution in [0.3, 0.4) is 0 Å². The van der Waals surface area contributed by atoms with Gasteiger partial charge in [-0.15, -0.1) is 0 Å². The second-order valence-corrected chi connectivity index (χ2v) is 12.1. The number of hydrogen-bond acceptors (Lipinski definition) is 3. The minimum atomic E-state index is -0.741. The van der Waals surface area contributed by atoms with Crippen LogP contribution in [-0.2, 0) is 14.4 Å². The van der Waals surface area contributed by atoms with Gasteiger partial charge in [0.05, 0.1) is 11.8 Å². The lowest BCUT2D eigenvalue weighted by atomic mass is 9.41. The van der Waals surface area contributed by atoms with E-state index in [2.05, 4.69) is 20.8 Å². The van der Waals surface area contributed by atoms with E-state index in [1.807, 2.05) is 0 Å². The molecule has 0 spiro atoms. The van der Waals surface area contributed by atoms with Crippen LogP contribution in [0.5, 0.6) is 0 Å². The molecule has 0 heterocycles. The lowest BCUT2D eigenvalue weighted by Gasteiger charge is -2.62. The largest absolute Gasteiger partial charge is 0.481 e. The molecule has 180 valence electrons. The van der Waals surface area contributed by atoms with Crippen LogP contribution in [0.25, 0.3) is 0 Å². The smallest absolute Gasteiger partial charge is 0.306 e. The lowest BCUT2D eigenvalue weighted by molar-refractivity contribution is -0.176. The van der Waals surface area contributed by atoms with Gasteiger partial charge in [-0.2, -0.15) is 0 Å². The number of carboxylic acids is 3. The summed E-state index contributed by atoms with van der Waals surface area (Å²) in [5.74, 6) is -1.05. The first-order valence-electron chi connectivity index (χ1n) is 12.7. The summed E-state index contributed by atoms with van der Waals surface area (Å²) in [7, 11) is 0. The van der Waals surface area contributed by atoms with Crippen molar-refractivity contribution >= 4 is 17.9 Å². The van der Waals surface area contributed by atoms with Crippen molar-refractivity contribution < 1.29 is 29.7 Å². The van der Waals surface area contributed by atoms with Gasteiger partial charge in [-0.25, -0.2) is 0 Å². The average molecular weight is 449 g/mol. The van der Waals surface area contributed by atoms with E-state index in [1.54, 1.807) is 0 Å². The van der Waals surface area contributed by atoms with Crippen molar-refractivity contribution in [3.8, 4) is 0 Å². The first-order chi connectivity index (χ1) is 15.0. The van der Waals surface area contributed by atoms with Gasteiger partial charge < -0.3 is 15.3 Å². The van der Waals surface area contributed by atoms with Gasteiger partial charge in [-0.3, -0.25) is 14.4 Å². The summed E-state index contributed by atoms with van der Waals surface area (Å²) in [4.78, 5) is 35.3. The third-order valence-corrected chi connectivity index (χ3v) is 11.0. The van der Waals surface area contributed by atoms with Crippen molar-refractivity contribution in [2.45, 2.75) is 85.0 Å². The second kappa shape index (κ2) is 8.32. The minimum Gasteiger partial charge on any atom is -0.481 e. The number of aliphatic carboxylic acids is 3. The van der Waals surface area contributed by atoms with Crippen molar-refractivity contribution in [1.82, 2.24) is 0 Å². The van der Waals surface area contributed by atoms with Crippen LogP contribution in [0, 0.1) is 58.2 Å². The number of carboxylic acid groups (broad SMARTS) is 3. The Balaban J connectivity index is 1.61. The molecule has 0 aromatic heterocycles. The summed E-state index contributed by atoms with van der Waals surface area (Å²) in [6, 6.07) is 0. The standard InChI is InChI=1S/C26H40O6/c1-14(4-7-21(27)28)18-5-6-19-22-17(24(31)32)13-16-12-15(23(29)30)8-10-25(16,2)20(22)9-11-26(18,19)3/h14-20,22H,4-13H2,1-3H3,(H,27,28)(H,29,30)(H,31,32)/t14-,15+,16-,17+,18+,19+,20-,22+,25-,26+/m0/s1. The van der Waals surface area contributed by atoms with Crippen molar-refractivity contribution in [3.05, 3.63) is 0 Å². The number of rotatable bonds is 6. The zero-order chi connectivity index (χ0) is 23.4. The molecule has 4 rings (SSSR count). The van der Waals surface area contributed by atoms with E-state index in [0.29, 0.717) is 49.4 Å². The lowest BCUT2D eigenvalue weighted by Crippen LogP contribution is -2.58. The monoisotopic (exact) mass is 448 g/mol. The Morgan fingerprint density at radius 3 is 2.16 bits per heavy atom. The molecule has 4 saturated carbocycles. The Labute approximate surface area is 191 Å². The Bertz CT molecular complexity index is 778. The molecule has 4 aliphatic carbocycles. The number of hydrogen-bond donors (Lipinski definition) is 3. The van der Waals surface area contributed by atoms with Crippen molar-refractivity contribution in [3.63, 3.8) is 0 Å². The molecule has 0 aromatic rings. The molecule has 0 aliphatic heterocycles. The summed E-state index contributed by atoms with van der Waals surface area (Å²) in [5, 5.41) is 29.0. The van der Waals surface area contributed by atoms with Crippen molar-refractivity contribution in [2.75, 3.05) is 0 Å². The maximum Gasteiger partial charge on any atom is 0.306 e. The van der Waals surface area contributed by atoms with Gasteiger partial charge in [-0.05, 0) is 104 Å². The van der Waals surface area contributed by atoms with E-state index in [0.717, 1.165) is 32.1 Å². The zero-order valence-electron chi connectivity index (χ0n) is 19.8. The van der Waals surface area contributed by atoms with Gasteiger partial charge in [0, 0.05) is 6.42 Å². The van der Waals surface area contributed by atoms with Crippen LogP contribution in [0.15, 0.2) is 0 Å². The highest BCUT2D eigenvalue weighted by Gasteiger charge is 2.64. The molecule has 6 heteroatoms. The van der Waals surface area contributed by atoms with Crippen LogP contribution in [0.4, 0.5) is 0 Å². The molecule has 4 fully saturated rings. The first-order valence-corrected chi connectivity index (χ1v) is 12.7. The van der Waals surface area contributed by atoms with Gasteiger partial charge in [0.15, 0.2) is 0 Å². The quantitative estimate of drug-likeness (QED) is 0.517. The van der Waals surface area contributed by atoms with Crippen LogP contribution in [0.2, 0.25) is 0 Å². The predicted octanol–water partition coefficient (Wildman–Crippen LogP) is 5.16. The highest BCUT2D eigenvalue weighted by Crippen LogP contribution is 2.69. The molecule has 3 N–H and O–H groups in total. The number of fused-ring (bicyclic) bond motifs is 5. The third kappa shape index (κ3) is 3.66. The van der Waals surface area contributed by atoms with E-state index in [4.69, 9.17) is 5.11 Å². The highest BCUT2D eigenvalue weighted by atomic mass is 16.4. The Morgan fingerprint density at radius 1 is 0.875 bits per heavy atom. The van der Waals surface area contributed by atoms with Gasteiger partial charge in [0.1, 0.15) is 0 Å². The normalized spacial score (nSPS) is 46.4. The molecular weight excluding hydrogens is 408 g/mol. The summed E-state index contributed by atoms with van der Waals surface area (Å²) in [6.45, 7) is 6.88. The third-order valence-electron chi connectivity index (χ3n) is 11.0. The summed E-state index contributed by atoms with van der Waals surface area (Å²) in [5.41, 5.74) is 0.116. The van der Waals surface area contributed by atoms with Gasteiger partial charge in [0.2, 0.25) is 0 Å². The summed E-state index contributed by atoms with van der Waals surface area (Å²) >= 11 is 0. The second-order valence-electron chi connectivity index (χ2n) is 12.1. The maximum atomic E-state index is 12.5. The van der Waals surface area contributed by atoms with E-state index >= 15 is 0 Å². The molecule has 0 bridgehead atoms. The molecule has 10 atom stereocenters. The highest BCUT2D eigenvalue weighted by molar-refractivity contribution is 5.72. The van der Waals surface area contributed by atoms with E-state index < -0.39 is 17.9 Å². The van der Waals surface area contributed by atoms with Crippen molar-refractivity contribution in [1.29, 1.82) is 0 Å². The molecule has 32 heavy (non-hydrogen) atoms. The molecule has 0 aromatic carbocycles. The fourth-order valence-corrected chi connectivity index (χ4v) is 9.28. The van der Waals surface area contributed by atoms with E-state index in [-0.39, 0.29) is 40.9 Å².